The molecule has 0 radical (unpaired) electrons. The van der Waals surface area contributed by atoms with Crippen molar-refractivity contribution in [2.75, 3.05) is 0 Å². The lowest BCUT2D eigenvalue weighted by Gasteiger charge is -2.34. The molecule has 1 aliphatic carbocycles. The van der Waals surface area contributed by atoms with Crippen molar-refractivity contribution in [1.82, 2.24) is 10.9 Å². The van der Waals surface area contributed by atoms with E-state index in [4.69, 9.17) is 0 Å². The van der Waals surface area contributed by atoms with Gasteiger partial charge in [-0.25, -0.2) is 0 Å². The fraction of sp³-hybridized carbons (Fsp3) is 0.571. The zero-order valence-electron chi connectivity index (χ0n) is 11.0. The number of carbonyl (C=O) groups excluding carboxylic acids is 2. The van der Waals surface area contributed by atoms with Crippen LogP contribution in [0.3, 0.4) is 0 Å². The molecule has 2 rings (SSSR count). The summed E-state index contributed by atoms with van der Waals surface area (Å²) in [6, 6.07) is 0. The molecule has 18 heavy (non-hydrogen) atoms. The van der Waals surface area contributed by atoms with Gasteiger partial charge in [0.1, 0.15) is 0 Å². The van der Waals surface area contributed by atoms with Crippen LogP contribution >= 0.6 is 0 Å². The molecular weight excluding hydrogens is 228 g/mol. The monoisotopic (exact) mass is 248 g/mol. The van der Waals surface area contributed by atoms with Crippen LogP contribution in [0.25, 0.3) is 0 Å². The second-order valence-electron chi connectivity index (χ2n) is 5.31. The minimum atomic E-state index is -0.176. The third-order valence-corrected chi connectivity index (χ3v) is 3.66. The van der Waals surface area contributed by atoms with E-state index in [9.17, 15) is 9.59 Å². The minimum absolute atomic E-state index is 0.0389. The number of fused-ring (bicyclic) bond motifs is 1. The third-order valence-electron chi connectivity index (χ3n) is 3.66. The van der Waals surface area contributed by atoms with E-state index in [2.05, 4.69) is 36.9 Å². The molecule has 1 aliphatic heterocycles. The van der Waals surface area contributed by atoms with Crippen LogP contribution in [-0.2, 0) is 9.59 Å². The molecule has 0 aromatic rings. The molecule has 98 valence electrons. The van der Waals surface area contributed by atoms with E-state index in [1.54, 1.807) is 0 Å². The molecule has 2 fully saturated rings. The second-order valence-corrected chi connectivity index (χ2v) is 5.31. The van der Waals surface area contributed by atoms with Crippen LogP contribution in [0.4, 0.5) is 0 Å². The van der Waals surface area contributed by atoms with Crippen molar-refractivity contribution in [3.8, 4) is 0 Å². The second kappa shape index (κ2) is 5.38. The number of hydrazine groups is 1. The highest BCUT2D eigenvalue weighted by atomic mass is 16.2. The van der Waals surface area contributed by atoms with Gasteiger partial charge in [-0.1, -0.05) is 23.3 Å². The fourth-order valence-electron chi connectivity index (χ4n) is 2.61. The van der Waals surface area contributed by atoms with Gasteiger partial charge in [-0.3, -0.25) is 20.4 Å². The van der Waals surface area contributed by atoms with Gasteiger partial charge in [-0.2, -0.15) is 0 Å². The Balaban J connectivity index is 2.02. The molecule has 1 saturated heterocycles. The van der Waals surface area contributed by atoms with E-state index in [0.29, 0.717) is 0 Å². The molecular formula is C14H20N2O2. The van der Waals surface area contributed by atoms with Crippen LogP contribution in [0.1, 0.15) is 39.5 Å². The molecule has 1 heterocycles. The van der Waals surface area contributed by atoms with E-state index >= 15 is 0 Å². The Kier molecular flexibility index (Phi) is 3.84. The smallest absolute Gasteiger partial charge is 0.242 e. The standard InChI is InChI=1S/C14H20N2O2/c1-9(2)4-3-5-10-6-7-11-12(8-10)14(18)16-15-13(11)17/h4-5,11-12H,3,6-8H2,1-2H3,(H,15,17)(H,16,18)/b10-5-. The van der Waals surface area contributed by atoms with Crippen LogP contribution in [-0.4, -0.2) is 11.8 Å². The van der Waals surface area contributed by atoms with Gasteiger partial charge in [0, 0.05) is 0 Å². The third kappa shape index (κ3) is 2.81. The van der Waals surface area contributed by atoms with Gasteiger partial charge in [-0.05, 0) is 39.5 Å². The molecule has 1 saturated carbocycles. The Morgan fingerprint density at radius 1 is 1.22 bits per heavy atom. The summed E-state index contributed by atoms with van der Waals surface area (Å²) in [5, 5.41) is 0. The van der Waals surface area contributed by atoms with Crippen molar-refractivity contribution in [2.24, 2.45) is 11.8 Å². The number of nitrogens with one attached hydrogen (secondary N) is 2. The summed E-state index contributed by atoms with van der Waals surface area (Å²) < 4.78 is 0. The average molecular weight is 248 g/mol. The number of hydrogen-bond acceptors (Lipinski definition) is 2. The molecule has 0 aromatic heterocycles. The SMILES string of the molecule is CC(C)=CC/C=C1/CCC2C(=O)NNC(=O)C2C1. The minimum Gasteiger partial charge on any atom is -0.273 e. The molecule has 0 aromatic carbocycles. The molecule has 4 nitrogen and oxygen atoms in total. The van der Waals surface area contributed by atoms with Crippen molar-refractivity contribution in [3.05, 3.63) is 23.3 Å². The van der Waals surface area contributed by atoms with Gasteiger partial charge in [0.15, 0.2) is 0 Å². The van der Waals surface area contributed by atoms with Gasteiger partial charge >= 0.3 is 0 Å². The van der Waals surface area contributed by atoms with Crippen LogP contribution in [0.2, 0.25) is 0 Å². The highest BCUT2D eigenvalue weighted by molar-refractivity contribution is 5.93. The molecule has 2 unspecified atom stereocenters. The molecule has 2 N–H and O–H groups in total. The summed E-state index contributed by atoms with van der Waals surface area (Å²) in [6.45, 7) is 4.16. The molecule has 2 atom stereocenters. The zero-order valence-corrected chi connectivity index (χ0v) is 11.0. The van der Waals surface area contributed by atoms with Crippen LogP contribution < -0.4 is 10.9 Å². The van der Waals surface area contributed by atoms with Gasteiger partial charge in [0.05, 0.1) is 11.8 Å². The Labute approximate surface area is 107 Å². The zero-order chi connectivity index (χ0) is 13.1. The quantitative estimate of drug-likeness (QED) is 0.733. The maximum atomic E-state index is 11.7. The highest BCUT2D eigenvalue weighted by Crippen LogP contribution is 2.35. The first-order valence-electron chi connectivity index (χ1n) is 6.49. The van der Waals surface area contributed by atoms with Crippen LogP contribution in [0.5, 0.6) is 0 Å². The number of hydrogen-bond donors (Lipinski definition) is 2. The summed E-state index contributed by atoms with van der Waals surface area (Å²) in [4.78, 5) is 23.4. The Hall–Kier alpha value is -1.58. The van der Waals surface area contributed by atoms with Gasteiger partial charge in [0.25, 0.3) is 0 Å². The van der Waals surface area contributed by atoms with E-state index in [1.165, 1.54) is 11.1 Å². The van der Waals surface area contributed by atoms with Crippen molar-refractivity contribution in [3.63, 3.8) is 0 Å². The highest BCUT2D eigenvalue weighted by Gasteiger charge is 2.40. The number of allylic oxidation sites excluding steroid dienone is 4. The normalized spacial score (nSPS) is 29.3. The molecule has 2 aliphatic rings. The summed E-state index contributed by atoms with van der Waals surface area (Å²) >= 11 is 0. The Morgan fingerprint density at radius 2 is 1.89 bits per heavy atom. The van der Waals surface area contributed by atoms with E-state index < -0.39 is 0 Å². The predicted octanol–water partition coefficient (Wildman–Crippen LogP) is 1.85. The van der Waals surface area contributed by atoms with E-state index in [0.717, 1.165) is 25.7 Å². The van der Waals surface area contributed by atoms with E-state index in [1.807, 2.05) is 0 Å². The first kappa shape index (κ1) is 12.9. The molecule has 4 heteroatoms. The summed E-state index contributed by atoms with van der Waals surface area (Å²) in [6.07, 6.45) is 7.72. The topological polar surface area (TPSA) is 58.2 Å². The average Bonchev–Trinajstić information content (AvgIpc) is 2.34. The number of rotatable bonds is 2. The molecule has 0 bridgehead atoms. The summed E-state index contributed by atoms with van der Waals surface area (Å²) in [5.74, 6) is -0.403. The van der Waals surface area contributed by atoms with Crippen molar-refractivity contribution in [2.45, 2.75) is 39.5 Å². The Morgan fingerprint density at radius 3 is 2.56 bits per heavy atom. The fourth-order valence-corrected chi connectivity index (χ4v) is 2.61. The number of amides is 2. The van der Waals surface area contributed by atoms with Crippen LogP contribution in [0.15, 0.2) is 23.3 Å². The van der Waals surface area contributed by atoms with Crippen LogP contribution in [0, 0.1) is 11.8 Å². The summed E-state index contributed by atoms with van der Waals surface area (Å²) in [5.41, 5.74) is 7.49. The van der Waals surface area contributed by atoms with Gasteiger partial charge in [0.2, 0.25) is 11.8 Å². The first-order valence-corrected chi connectivity index (χ1v) is 6.49. The Bertz CT molecular complexity index is 420. The maximum Gasteiger partial charge on any atom is 0.242 e. The van der Waals surface area contributed by atoms with Crippen molar-refractivity contribution >= 4 is 11.8 Å². The van der Waals surface area contributed by atoms with Gasteiger partial charge in [-0.15, -0.1) is 0 Å². The lowest BCUT2D eigenvalue weighted by molar-refractivity contribution is -0.144. The van der Waals surface area contributed by atoms with Crippen molar-refractivity contribution in [1.29, 1.82) is 0 Å². The maximum absolute atomic E-state index is 11.7. The van der Waals surface area contributed by atoms with Gasteiger partial charge < -0.3 is 0 Å². The molecule has 2 amide bonds. The largest absolute Gasteiger partial charge is 0.273 e. The lowest BCUT2D eigenvalue weighted by atomic mass is 9.75. The lowest BCUT2D eigenvalue weighted by Crippen LogP contribution is -2.57. The van der Waals surface area contributed by atoms with Crippen molar-refractivity contribution < 1.29 is 9.59 Å². The number of carbonyl (C=O) groups is 2. The molecule has 0 spiro atoms. The first-order chi connectivity index (χ1) is 8.58. The summed E-state index contributed by atoms with van der Waals surface area (Å²) in [7, 11) is 0. The predicted molar refractivity (Wildman–Crippen MR) is 69.2 cm³/mol. The van der Waals surface area contributed by atoms with E-state index in [-0.39, 0.29) is 23.7 Å².